The Kier molecular flexibility index (Phi) is 3.61. The summed E-state index contributed by atoms with van der Waals surface area (Å²) in [5.41, 5.74) is 3.52. The van der Waals surface area contributed by atoms with Crippen LogP contribution in [0.3, 0.4) is 0 Å². The first-order valence-electron chi connectivity index (χ1n) is 6.97. The predicted molar refractivity (Wildman–Crippen MR) is 80.2 cm³/mol. The molecule has 1 aliphatic rings. The standard InChI is InChI=1S/C16H16N4O/c17-10-12-9-14(19-11-12)16(21)18-6-8-20-7-5-13-3-1-2-4-15(13)20/h1-4,9,11,19H,5-8H2,(H,18,21). The van der Waals surface area contributed by atoms with E-state index in [-0.39, 0.29) is 5.91 Å². The van der Waals surface area contributed by atoms with Crippen molar-refractivity contribution in [3.63, 3.8) is 0 Å². The summed E-state index contributed by atoms with van der Waals surface area (Å²) in [4.78, 5) is 17.0. The molecular formula is C16H16N4O. The average Bonchev–Trinajstić information content (AvgIpc) is 3.14. The van der Waals surface area contributed by atoms with Gasteiger partial charge < -0.3 is 15.2 Å². The number of nitriles is 1. The minimum atomic E-state index is -0.177. The number of nitrogens with zero attached hydrogens (tertiary/aromatic N) is 2. The second-order valence-electron chi connectivity index (χ2n) is 5.04. The molecule has 1 aromatic heterocycles. The lowest BCUT2D eigenvalue weighted by molar-refractivity contribution is 0.0950. The molecule has 2 aromatic rings. The van der Waals surface area contributed by atoms with Gasteiger partial charge in [0.25, 0.3) is 5.91 Å². The summed E-state index contributed by atoms with van der Waals surface area (Å²) in [5, 5.41) is 11.6. The molecule has 5 nitrogen and oxygen atoms in total. The van der Waals surface area contributed by atoms with Crippen molar-refractivity contribution in [1.29, 1.82) is 5.26 Å². The molecule has 0 unspecified atom stereocenters. The molecule has 0 saturated carbocycles. The van der Waals surface area contributed by atoms with E-state index in [1.807, 2.05) is 12.1 Å². The van der Waals surface area contributed by atoms with Crippen LogP contribution in [0.4, 0.5) is 5.69 Å². The topological polar surface area (TPSA) is 71.9 Å². The van der Waals surface area contributed by atoms with E-state index in [0.717, 1.165) is 19.5 Å². The fourth-order valence-corrected chi connectivity index (χ4v) is 2.63. The van der Waals surface area contributed by atoms with Gasteiger partial charge >= 0.3 is 0 Å². The predicted octanol–water partition coefficient (Wildman–Crippen LogP) is 1.68. The maximum Gasteiger partial charge on any atom is 0.267 e. The van der Waals surface area contributed by atoms with Crippen molar-refractivity contribution in [3.8, 4) is 6.07 Å². The number of hydrogen-bond donors (Lipinski definition) is 2. The Morgan fingerprint density at radius 1 is 1.43 bits per heavy atom. The van der Waals surface area contributed by atoms with Crippen LogP contribution in [0.1, 0.15) is 21.6 Å². The molecule has 1 aromatic carbocycles. The molecule has 0 fully saturated rings. The number of amides is 1. The van der Waals surface area contributed by atoms with E-state index in [9.17, 15) is 4.79 Å². The van der Waals surface area contributed by atoms with E-state index in [4.69, 9.17) is 5.26 Å². The molecule has 0 aliphatic carbocycles. The number of aromatic amines is 1. The van der Waals surface area contributed by atoms with Gasteiger partial charge in [-0.3, -0.25) is 4.79 Å². The van der Waals surface area contributed by atoms with E-state index < -0.39 is 0 Å². The summed E-state index contributed by atoms with van der Waals surface area (Å²) in [5.74, 6) is -0.177. The van der Waals surface area contributed by atoms with Crippen LogP contribution >= 0.6 is 0 Å². The third kappa shape index (κ3) is 2.75. The van der Waals surface area contributed by atoms with Crippen molar-refractivity contribution in [1.82, 2.24) is 10.3 Å². The van der Waals surface area contributed by atoms with Crippen LogP contribution in [-0.2, 0) is 6.42 Å². The molecule has 0 bridgehead atoms. The molecule has 2 heterocycles. The van der Waals surface area contributed by atoms with Gasteiger partial charge in [-0.1, -0.05) is 18.2 Å². The van der Waals surface area contributed by atoms with E-state index >= 15 is 0 Å². The second kappa shape index (κ2) is 5.71. The largest absolute Gasteiger partial charge is 0.369 e. The normalized spacial score (nSPS) is 12.8. The molecule has 5 heteroatoms. The van der Waals surface area contributed by atoms with Gasteiger partial charge in [-0.05, 0) is 24.1 Å². The van der Waals surface area contributed by atoms with Crippen LogP contribution in [0.5, 0.6) is 0 Å². The molecule has 0 atom stereocenters. The van der Waals surface area contributed by atoms with Crippen LogP contribution in [0.2, 0.25) is 0 Å². The van der Waals surface area contributed by atoms with E-state index in [2.05, 4.69) is 33.4 Å². The molecule has 21 heavy (non-hydrogen) atoms. The maximum atomic E-state index is 11.9. The third-order valence-electron chi connectivity index (χ3n) is 3.71. The Morgan fingerprint density at radius 3 is 3.10 bits per heavy atom. The summed E-state index contributed by atoms with van der Waals surface area (Å²) < 4.78 is 0. The second-order valence-corrected chi connectivity index (χ2v) is 5.04. The number of carbonyl (C=O) groups is 1. The van der Waals surface area contributed by atoms with E-state index in [0.29, 0.717) is 17.8 Å². The first kappa shape index (κ1) is 13.3. The van der Waals surface area contributed by atoms with Crippen molar-refractivity contribution >= 4 is 11.6 Å². The van der Waals surface area contributed by atoms with E-state index in [1.54, 1.807) is 6.07 Å². The van der Waals surface area contributed by atoms with Crippen molar-refractivity contribution in [3.05, 3.63) is 53.3 Å². The molecule has 2 N–H and O–H groups in total. The van der Waals surface area contributed by atoms with Gasteiger partial charge in [-0.15, -0.1) is 0 Å². The summed E-state index contributed by atoms with van der Waals surface area (Å²) in [7, 11) is 0. The monoisotopic (exact) mass is 280 g/mol. The average molecular weight is 280 g/mol. The first-order valence-corrected chi connectivity index (χ1v) is 6.97. The Morgan fingerprint density at radius 2 is 2.29 bits per heavy atom. The lowest BCUT2D eigenvalue weighted by Gasteiger charge is -2.19. The van der Waals surface area contributed by atoms with E-state index in [1.165, 1.54) is 17.4 Å². The fourth-order valence-electron chi connectivity index (χ4n) is 2.63. The number of nitrogens with one attached hydrogen (secondary N) is 2. The van der Waals surface area contributed by atoms with Gasteiger partial charge in [0.2, 0.25) is 0 Å². The smallest absolute Gasteiger partial charge is 0.267 e. The molecule has 1 amide bonds. The SMILES string of the molecule is N#Cc1c[nH]c(C(=O)NCCN2CCc3ccccc32)c1. The zero-order valence-electron chi connectivity index (χ0n) is 11.6. The number of hydrogen-bond acceptors (Lipinski definition) is 3. The molecular weight excluding hydrogens is 264 g/mol. The van der Waals surface area contributed by atoms with Gasteiger partial charge in [0.15, 0.2) is 0 Å². The highest BCUT2D eigenvalue weighted by atomic mass is 16.1. The van der Waals surface area contributed by atoms with Gasteiger partial charge in [0.1, 0.15) is 11.8 Å². The Hall–Kier alpha value is -2.74. The molecule has 0 spiro atoms. The number of H-pyrrole nitrogens is 1. The molecule has 1 aliphatic heterocycles. The van der Waals surface area contributed by atoms with Crippen molar-refractivity contribution in [2.45, 2.75) is 6.42 Å². The number of fused-ring (bicyclic) bond motifs is 1. The summed E-state index contributed by atoms with van der Waals surface area (Å²) in [6, 6.07) is 11.9. The minimum Gasteiger partial charge on any atom is -0.369 e. The van der Waals surface area contributed by atoms with Gasteiger partial charge in [-0.25, -0.2) is 0 Å². The van der Waals surface area contributed by atoms with Crippen molar-refractivity contribution in [2.75, 3.05) is 24.5 Å². The zero-order valence-corrected chi connectivity index (χ0v) is 11.6. The highest BCUT2D eigenvalue weighted by Gasteiger charge is 2.18. The summed E-state index contributed by atoms with van der Waals surface area (Å²) in [6.07, 6.45) is 2.60. The van der Waals surface area contributed by atoms with Crippen molar-refractivity contribution < 1.29 is 4.79 Å². The summed E-state index contributed by atoms with van der Waals surface area (Å²) in [6.45, 7) is 2.36. The van der Waals surface area contributed by atoms with Gasteiger partial charge in [-0.2, -0.15) is 5.26 Å². The maximum absolute atomic E-state index is 11.9. The number of rotatable bonds is 4. The number of anilines is 1. The first-order chi connectivity index (χ1) is 10.3. The number of carbonyl (C=O) groups excluding carboxylic acids is 1. The highest BCUT2D eigenvalue weighted by molar-refractivity contribution is 5.92. The van der Waals surface area contributed by atoms with Crippen LogP contribution in [0.25, 0.3) is 0 Å². The highest BCUT2D eigenvalue weighted by Crippen LogP contribution is 2.26. The summed E-state index contributed by atoms with van der Waals surface area (Å²) >= 11 is 0. The Bertz CT molecular complexity index is 698. The van der Waals surface area contributed by atoms with Crippen LogP contribution in [0, 0.1) is 11.3 Å². The minimum absolute atomic E-state index is 0.177. The lowest BCUT2D eigenvalue weighted by Crippen LogP contribution is -2.34. The third-order valence-corrected chi connectivity index (χ3v) is 3.71. The van der Waals surface area contributed by atoms with Crippen LogP contribution in [0.15, 0.2) is 36.5 Å². The number of para-hydroxylation sites is 1. The van der Waals surface area contributed by atoms with Crippen LogP contribution < -0.4 is 10.2 Å². The molecule has 3 rings (SSSR count). The Balaban J connectivity index is 1.53. The van der Waals surface area contributed by atoms with Crippen molar-refractivity contribution in [2.24, 2.45) is 0 Å². The number of benzene rings is 1. The van der Waals surface area contributed by atoms with Gasteiger partial charge in [0.05, 0.1) is 5.56 Å². The molecule has 0 saturated heterocycles. The van der Waals surface area contributed by atoms with Gasteiger partial charge in [0, 0.05) is 31.5 Å². The number of aromatic nitrogens is 1. The zero-order chi connectivity index (χ0) is 14.7. The molecule has 106 valence electrons. The van der Waals surface area contributed by atoms with Crippen LogP contribution in [-0.4, -0.2) is 30.5 Å². The quantitative estimate of drug-likeness (QED) is 0.895. The molecule has 0 radical (unpaired) electrons. The Labute approximate surface area is 123 Å². The fraction of sp³-hybridized carbons (Fsp3) is 0.250. The lowest BCUT2D eigenvalue weighted by atomic mass is 10.2.